The molecule has 0 aliphatic carbocycles. The van der Waals surface area contributed by atoms with Crippen LogP contribution < -0.4 is 15.4 Å². The second-order valence-electron chi connectivity index (χ2n) is 14.2. The van der Waals surface area contributed by atoms with Gasteiger partial charge in [0.2, 0.25) is 12.2 Å². The molecule has 1 aliphatic rings. The minimum Gasteiger partial charge on any atom is -0.495 e. The molecule has 1 saturated heterocycles. The molecule has 13 heteroatoms. The molecule has 3 aromatic rings. The average Bonchev–Trinajstić information content (AvgIpc) is 3.34. The number of carbonyl (C=O) groups excluding carboxylic acids is 2. The molecular weight excluding hydrogens is 703 g/mol. The van der Waals surface area contributed by atoms with Gasteiger partial charge in [-0.3, -0.25) is 14.6 Å². The number of aliphatic hydroxyl groups excluding tert-OH is 1. The Bertz CT molecular complexity index is 1750. The van der Waals surface area contributed by atoms with Crippen LogP contribution in [0.2, 0.25) is 10.0 Å². The Morgan fingerprint density at radius 1 is 1.10 bits per heavy atom. The van der Waals surface area contributed by atoms with Gasteiger partial charge >= 0.3 is 5.97 Å². The molecule has 1 fully saturated rings. The van der Waals surface area contributed by atoms with E-state index >= 15 is 8.78 Å². The number of carbonyl (C=O) groups is 2. The average molecular weight is 749 g/mol. The summed E-state index contributed by atoms with van der Waals surface area (Å²) in [5.41, 5.74) is -0.877. The van der Waals surface area contributed by atoms with Crippen LogP contribution in [0, 0.1) is 23.0 Å². The van der Waals surface area contributed by atoms with Gasteiger partial charge in [-0.15, -0.1) is 0 Å². The summed E-state index contributed by atoms with van der Waals surface area (Å²) in [7, 11) is 1.39. The molecule has 0 spiro atoms. The summed E-state index contributed by atoms with van der Waals surface area (Å²) in [5.74, 6) is -3.69. The van der Waals surface area contributed by atoms with Gasteiger partial charge in [0, 0.05) is 28.0 Å². The summed E-state index contributed by atoms with van der Waals surface area (Å²) in [4.78, 5) is 30.7. The predicted octanol–water partition coefficient (Wildman–Crippen LogP) is 7.97. The van der Waals surface area contributed by atoms with Gasteiger partial charge in [-0.25, -0.2) is 8.78 Å². The predicted molar refractivity (Wildman–Crippen MR) is 194 cm³/mol. The molecule has 9 nitrogen and oxygen atoms in total. The zero-order valence-corrected chi connectivity index (χ0v) is 31.2. The number of halogens is 4. The summed E-state index contributed by atoms with van der Waals surface area (Å²) in [6.45, 7) is 14.6. The van der Waals surface area contributed by atoms with Crippen molar-refractivity contribution in [1.82, 2.24) is 5.32 Å². The Labute approximate surface area is 307 Å². The molecule has 1 heterocycles. The molecule has 4 rings (SSSR count). The van der Waals surface area contributed by atoms with E-state index in [-0.39, 0.29) is 56.1 Å². The fraction of sp³-hybridized carbons (Fsp3) is 0.447. The molecule has 0 saturated carbocycles. The lowest BCUT2D eigenvalue weighted by atomic mass is 9.61. The summed E-state index contributed by atoms with van der Waals surface area (Å²) in [6, 6.07) is 11.5. The highest BCUT2D eigenvalue weighted by molar-refractivity contribution is 6.31. The highest BCUT2D eigenvalue weighted by Gasteiger charge is 2.60. The lowest BCUT2D eigenvalue weighted by Crippen LogP contribution is -2.48. The van der Waals surface area contributed by atoms with Crippen LogP contribution in [0.25, 0.3) is 0 Å². The third-order valence-electron chi connectivity index (χ3n) is 8.96. The molecule has 51 heavy (non-hydrogen) atoms. The number of anilines is 1. The third-order valence-corrected chi connectivity index (χ3v) is 9.48. The zero-order chi connectivity index (χ0) is 37.8. The number of aliphatic imine (C=N–C) groups is 1. The van der Waals surface area contributed by atoms with Crippen molar-refractivity contribution >= 4 is 47.5 Å². The third kappa shape index (κ3) is 8.89. The van der Waals surface area contributed by atoms with Crippen LogP contribution in [-0.2, 0) is 24.5 Å². The van der Waals surface area contributed by atoms with Crippen molar-refractivity contribution in [3.8, 4) is 5.75 Å². The van der Waals surface area contributed by atoms with Gasteiger partial charge in [0.1, 0.15) is 17.4 Å². The van der Waals surface area contributed by atoms with E-state index in [0.717, 1.165) is 0 Å². The van der Waals surface area contributed by atoms with E-state index in [2.05, 4.69) is 22.3 Å². The minimum atomic E-state index is -1.50. The van der Waals surface area contributed by atoms with E-state index in [4.69, 9.17) is 37.4 Å². The topological polar surface area (TPSA) is 118 Å². The fourth-order valence-electron chi connectivity index (χ4n) is 6.74. The lowest BCUT2D eigenvalue weighted by molar-refractivity contribution is -0.225. The summed E-state index contributed by atoms with van der Waals surface area (Å²) in [5, 5.41) is 17.1. The largest absolute Gasteiger partial charge is 0.495 e. The van der Waals surface area contributed by atoms with Crippen LogP contribution in [0.15, 0.2) is 59.6 Å². The Hall–Kier alpha value is -3.61. The first-order valence-corrected chi connectivity index (χ1v) is 17.3. The van der Waals surface area contributed by atoms with E-state index in [1.54, 1.807) is 32.0 Å². The summed E-state index contributed by atoms with van der Waals surface area (Å²) >= 11 is 12.5. The molecule has 0 aromatic heterocycles. The van der Waals surface area contributed by atoms with Crippen molar-refractivity contribution in [2.45, 2.75) is 84.0 Å². The second kappa shape index (κ2) is 16.4. The molecule has 1 amide bonds. The van der Waals surface area contributed by atoms with Gasteiger partial charge in [0.15, 0.2) is 6.29 Å². The number of esters is 1. The van der Waals surface area contributed by atoms with Crippen molar-refractivity contribution in [2.24, 2.45) is 16.3 Å². The standard InChI is InChI=1S/C38H45Cl2F2N3O6/c1-20(2)35(47)50-21(3)51-36(48)22-12-15-28(29(16-22)49-8)44-34(46)33-31(24-10-9-11-26(40)32(24)42)38(19-43-7,30(45-33)18-37(4,5)6)25-14-13-23(39)17-27(25)41/h9-17,20-21,30-31,33,36,45,48H,7,18-19H2,1-6,8H3,(H,44,46)/t21?,30-,31-,33+,36?,38-/m0/s1. The molecule has 3 N–H and O–H groups in total. The van der Waals surface area contributed by atoms with Crippen LogP contribution in [0.4, 0.5) is 14.5 Å². The smallest absolute Gasteiger partial charge is 0.310 e. The molecule has 3 aromatic carbocycles. The second-order valence-corrected chi connectivity index (χ2v) is 15.1. The Kier molecular flexibility index (Phi) is 12.9. The van der Waals surface area contributed by atoms with E-state index < -0.39 is 59.5 Å². The monoisotopic (exact) mass is 747 g/mol. The number of hydrogen-bond acceptors (Lipinski definition) is 8. The van der Waals surface area contributed by atoms with Crippen LogP contribution in [0.1, 0.15) is 76.9 Å². The minimum absolute atomic E-state index is 0.0689. The van der Waals surface area contributed by atoms with Gasteiger partial charge in [-0.1, -0.05) is 82.1 Å². The first-order chi connectivity index (χ1) is 23.9. The Morgan fingerprint density at radius 3 is 2.41 bits per heavy atom. The molecular formula is C38H45Cl2F2N3O6. The maximum atomic E-state index is 16.1. The van der Waals surface area contributed by atoms with E-state index in [9.17, 15) is 14.7 Å². The number of rotatable bonds is 13. The first kappa shape index (κ1) is 40.2. The highest BCUT2D eigenvalue weighted by atomic mass is 35.5. The highest BCUT2D eigenvalue weighted by Crippen LogP contribution is 2.53. The number of methoxy groups -OCH3 is 1. The first-order valence-electron chi connectivity index (χ1n) is 16.5. The van der Waals surface area contributed by atoms with Crippen molar-refractivity contribution in [1.29, 1.82) is 0 Å². The molecule has 0 bridgehead atoms. The Morgan fingerprint density at radius 2 is 1.80 bits per heavy atom. The maximum Gasteiger partial charge on any atom is 0.310 e. The Balaban J connectivity index is 1.80. The summed E-state index contributed by atoms with van der Waals surface area (Å²) in [6.07, 6.45) is -2.10. The van der Waals surface area contributed by atoms with Gasteiger partial charge in [-0.2, -0.15) is 0 Å². The SMILES string of the molecule is C=NC[C@]1(c2ccc(Cl)cc2F)[C@H](CC(C)(C)C)N[C@@H](C(=O)Nc2ccc(C(O)OC(C)OC(=O)C(C)C)cc2OC)[C@@H]1c1cccc(Cl)c1F. The number of amides is 1. The van der Waals surface area contributed by atoms with Gasteiger partial charge in [0.05, 0.1) is 36.3 Å². The zero-order valence-electron chi connectivity index (χ0n) is 29.7. The van der Waals surface area contributed by atoms with E-state index in [1.807, 2.05) is 20.8 Å². The summed E-state index contributed by atoms with van der Waals surface area (Å²) < 4.78 is 48.5. The quantitative estimate of drug-likeness (QED) is 0.0922. The van der Waals surface area contributed by atoms with Gasteiger partial charge in [-0.05, 0) is 66.9 Å². The van der Waals surface area contributed by atoms with Crippen molar-refractivity contribution in [2.75, 3.05) is 19.0 Å². The molecule has 276 valence electrons. The number of benzene rings is 3. The van der Waals surface area contributed by atoms with Crippen molar-refractivity contribution in [3.63, 3.8) is 0 Å². The molecule has 2 unspecified atom stereocenters. The molecule has 0 radical (unpaired) electrons. The number of hydrogen-bond donors (Lipinski definition) is 3. The number of aliphatic hydroxyl groups is 1. The van der Waals surface area contributed by atoms with Crippen molar-refractivity contribution < 1.29 is 37.7 Å². The maximum absolute atomic E-state index is 16.1. The number of ether oxygens (including phenoxy) is 3. The van der Waals surface area contributed by atoms with Gasteiger partial charge < -0.3 is 30.0 Å². The number of nitrogens with one attached hydrogen (secondary N) is 2. The normalized spacial score (nSPS) is 21.6. The van der Waals surface area contributed by atoms with Crippen molar-refractivity contribution in [3.05, 3.63) is 93.0 Å². The van der Waals surface area contributed by atoms with Gasteiger partial charge in [0.25, 0.3) is 0 Å². The molecule has 1 aliphatic heterocycles. The lowest BCUT2D eigenvalue weighted by Gasteiger charge is -2.42. The molecule has 6 atom stereocenters. The number of nitrogens with zero attached hydrogens (tertiary/aromatic N) is 1. The fourth-order valence-corrected chi connectivity index (χ4v) is 7.08. The van der Waals surface area contributed by atoms with Crippen LogP contribution >= 0.6 is 23.2 Å². The van der Waals surface area contributed by atoms with Crippen LogP contribution in [-0.4, -0.2) is 55.7 Å². The van der Waals surface area contributed by atoms with Crippen LogP contribution in [0.5, 0.6) is 5.75 Å². The van der Waals surface area contributed by atoms with Crippen LogP contribution in [0.3, 0.4) is 0 Å². The van der Waals surface area contributed by atoms with E-state index in [0.29, 0.717) is 6.42 Å². The van der Waals surface area contributed by atoms with E-state index in [1.165, 1.54) is 50.4 Å².